The second kappa shape index (κ2) is 7.49. The molecule has 0 aliphatic carbocycles. The molecule has 0 rings (SSSR count). The Labute approximate surface area is 73.1 Å². The molecule has 2 atom stereocenters. The van der Waals surface area contributed by atoms with E-state index in [1.165, 1.54) is 0 Å². The number of ether oxygens (including phenoxy) is 2. The summed E-state index contributed by atoms with van der Waals surface area (Å²) in [6, 6.07) is 0. The van der Waals surface area contributed by atoms with Crippen molar-refractivity contribution in [1.82, 2.24) is 0 Å². The molecule has 0 spiro atoms. The zero-order valence-electron chi connectivity index (χ0n) is 7.69. The first kappa shape index (κ1) is 11.8. The molecule has 0 bridgehead atoms. The van der Waals surface area contributed by atoms with Crippen LogP contribution in [0.5, 0.6) is 0 Å². The Morgan fingerprint density at radius 2 is 1.25 bits per heavy atom. The highest BCUT2D eigenvalue weighted by atomic mass is 16.5. The van der Waals surface area contributed by atoms with Crippen molar-refractivity contribution in [2.45, 2.75) is 26.1 Å². The van der Waals surface area contributed by atoms with Gasteiger partial charge in [-0.15, -0.1) is 0 Å². The molecule has 0 aliphatic heterocycles. The quantitative estimate of drug-likeness (QED) is 0.529. The standard InChI is InChI=1S/C8H18O4/c1-7(9)5-11-3-4-12-6-8(2)10/h7-10H,3-6H2,1-2H3/t7-,8-/m0/s1. The van der Waals surface area contributed by atoms with Gasteiger partial charge in [0.15, 0.2) is 0 Å². The number of hydrogen-bond donors (Lipinski definition) is 2. The van der Waals surface area contributed by atoms with E-state index in [-0.39, 0.29) is 0 Å². The summed E-state index contributed by atoms with van der Waals surface area (Å²) in [5.74, 6) is 0. The highest BCUT2D eigenvalue weighted by Crippen LogP contribution is 1.85. The Morgan fingerprint density at radius 1 is 0.917 bits per heavy atom. The zero-order chi connectivity index (χ0) is 9.40. The number of aliphatic hydroxyl groups is 2. The summed E-state index contributed by atoms with van der Waals surface area (Å²) in [6.45, 7) is 4.90. The highest BCUT2D eigenvalue weighted by Gasteiger charge is 1.96. The second-order valence-electron chi connectivity index (χ2n) is 2.85. The summed E-state index contributed by atoms with van der Waals surface area (Å²) in [7, 11) is 0. The van der Waals surface area contributed by atoms with Crippen molar-refractivity contribution in [3.05, 3.63) is 0 Å². The molecule has 0 aromatic rings. The third kappa shape index (κ3) is 9.84. The molecule has 0 aliphatic rings. The summed E-state index contributed by atoms with van der Waals surface area (Å²) in [5.41, 5.74) is 0. The Kier molecular flexibility index (Phi) is 7.39. The topological polar surface area (TPSA) is 58.9 Å². The Hall–Kier alpha value is -0.160. The lowest BCUT2D eigenvalue weighted by Gasteiger charge is -2.07. The van der Waals surface area contributed by atoms with Gasteiger partial charge in [-0.3, -0.25) is 0 Å². The smallest absolute Gasteiger partial charge is 0.0745 e. The molecule has 0 amide bonds. The van der Waals surface area contributed by atoms with Crippen molar-refractivity contribution >= 4 is 0 Å². The second-order valence-corrected chi connectivity index (χ2v) is 2.85. The lowest BCUT2D eigenvalue weighted by atomic mass is 10.4. The third-order valence-electron chi connectivity index (χ3n) is 1.09. The van der Waals surface area contributed by atoms with Gasteiger partial charge in [-0.05, 0) is 13.8 Å². The van der Waals surface area contributed by atoms with Crippen molar-refractivity contribution in [2.75, 3.05) is 26.4 Å². The van der Waals surface area contributed by atoms with E-state index in [9.17, 15) is 0 Å². The molecule has 0 saturated heterocycles. The lowest BCUT2D eigenvalue weighted by molar-refractivity contribution is -0.0101. The van der Waals surface area contributed by atoms with Crippen molar-refractivity contribution < 1.29 is 19.7 Å². The van der Waals surface area contributed by atoms with Gasteiger partial charge in [0.2, 0.25) is 0 Å². The minimum atomic E-state index is -0.429. The van der Waals surface area contributed by atoms with Crippen LogP contribution in [0.15, 0.2) is 0 Å². The van der Waals surface area contributed by atoms with E-state index in [0.29, 0.717) is 26.4 Å². The van der Waals surface area contributed by atoms with Gasteiger partial charge in [0, 0.05) is 0 Å². The Bertz CT molecular complexity index is 81.1. The van der Waals surface area contributed by atoms with Gasteiger partial charge < -0.3 is 19.7 Å². The summed E-state index contributed by atoms with van der Waals surface area (Å²) >= 11 is 0. The molecule has 74 valence electrons. The van der Waals surface area contributed by atoms with E-state index in [1.54, 1.807) is 13.8 Å². The monoisotopic (exact) mass is 178 g/mol. The predicted molar refractivity (Wildman–Crippen MR) is 45.0 cm³/mol. The van der Waals surface area contributed by atoms with Crippen LogP contribution in [0.25, 0.3) is 0 Å². The van der Waals surface area contributed by atoms with Crippen LogP contribution in [0.4, 0.5) is 0 Å². The molecule has 0 aromatic carbocycles. The molecule has 4 heteroatoms. The molecule has 2 N–H and O–H groups in total. The van der Waals surface area contributed by atoms with Crippen LogP contribution in [0.1, 0.15) is 13.8 Å². The molecular weight excluding hydrogens is 160 g/mol. The molecule has 4 nitrogen and oxygen atoms in total. The minimum absolute atomic E-state index is 0.331. The first-order valence-corrected chi connectivity index (χ1v) is 4.14. The number of rotatable bonds is 7. The maximum Gasteiger partial charge on any atom is 0.0745 e. The van der Waals surface area contributed by atoms with Gasteiger partial charge in [0.25, 0.3) is 0 Å². The summed E-state index contributed by atoms with van der Waals surface area (Å²) in [5, 5.41) is 17.6. The molecule has 0 saturated carbocycles. The number of hydrogen-bond acceptors (Lipinski definition) is 4. The Morgan fingerprint density at radius 3 is 1.50 bits per heavy atom. The van der Waals surface area contributed by atoms with Gasteiger partial charge in [-0.25, -0.2) is 0 Å². The van der Waals surface area contributed by atoms with E-state index in [0.717, 1.165) is 0 Å². The lowest BCUT2D eigenvalue weighted by Crippen LogP contribution is -2.16. The van der Waals surface area contributed by atoms with Crippen molar-refractivity contribution in [1.29, 1.82) is 0 Å². The normalized spacial score (nSPS) is 16.0. The Balaban J connectivity index is 2.91. The fourth-order valence-electron chi connectivity index (χ4n) is 0.626. The zero-order valence-corrected chi connectivity index (χ0v) is 7.69. The van der Waals surface area contributed by atoms with Gasteiger partial charge >= 0.3 is 0 Å². The van der Waals surface area contributed by atoms with Crippen LogP contribution in [-0.4, -0.2) is 48.8 Å². The summed E-state index contributed by atoms with van der Waals surface area (Å²) in [6.07, 6.45) is -0.858. The first-order valence-electron chi connectivity index (χ1n) is 4.14. The van der Waals surface area contributed by atoms with E-state index >= 15 is 0 Å². The van der Waals surface area contributed by atoms with Crippen molar-refractivity contribution in [2.24, 2.45) is 0 Å². The van der Waals surface area contributed by atoms with Crippen LogP contribution >= 0.6 is 0 Å². The number of aliphatic hydroxyl groups excluding tert-OH is 2. The van der Waals surface area contributed by atoms with Crippen LogP contribution in [0.3, 0.4) is 0 Å². The molecule has 12 heavy (non-hydrogen) atoms. The van der Waals surface area contributed by atoms with Crippen molar-refractivity contribution in [3.8, 4) is 0 Å². The predicted octanol–water partition coefficient (Wildman–Crippen LogP) is -0.219. The molecule has 0 fully saturated rings. The van der Waals surface area contributed by atoms with Crippen LogP contribution in [-0.2, 0) is 9.47 Å². The van der Waals surface area contributed by atoms with E-state index in [4.69, 9.17) is 19.7 Å². The van der Waals surface area contributed by atoms with Gasteiger partial charge in [0.05, 0.1) is 38.6 Å². The van der Waals surface area contributed by atoms with Crippen LogP contribution in [0.2, 0.25) is 0 Å². The SMILES string of the molecule is C[C@H](O)COCCOC[C@H](C)O. The molecule has 0 heterocycles. The highest BCUT2D eigenvalue weighted by molar-refractivity contribution is 4.43. The molecule has 0 unspecified atom stereocenters. The third-order valence-corrected chi connectivity index (χ3v) is 1.09. The maximum absolute atomic E-state index is 8.79. The summed E-state index contributed by atoms with van der Waals surface area (Å²) in [4.78, 5) is 0. The fourth-order valence-corrected chi connectivity index (χ4v) is 0.626. The average molecular weight is 178 g/mol. The van der Waals surface area contributed by atoms with Gasteiger partial charge in [-0.1, -0.05) is 0 Å². The van der Waals surface area contributed by atoms with Crippen LogP contribution in [0, 0.1) is 0 Å². The van der Waals surface area contributed by atoms with E-state index < -0.39 is 12.2 Å². The maximum atomic E-state index is 8.79. The molecule has 0 radical (unpaired) electrons. The molecular formula is C8H18O4. The first-order chi connectivity index (χ1) is 5.63. The van der Waals surface area contributed by atoms with Gasteiger partial charge in [-0.2, -0.15) is 0 Å². The average Bonchev–Trinajstić information content (AvgIpc) is 1.95. The van der Waals surface area contributed by atoms with Gasteiger partial charge in [0.1, 0.15) is 0 Å². The fraction of sp³-hybridized carbons (Fsp3) is 1.00. The van der Waals surface area contributed by atoms with E-state index in [1.807, 2.05) is 0 Å². The van der Waals surface area contributed by atoms with E-state index in [2.05, 4.69) is 0 Å². The largest absolute Gasteiger partial charge is 0.391 e. The summed E-state index contributed by atoms with van der Waals surface area (Å²) < 4.78 is 10.0. The van der Waals surface area contributed by atoms with Crippen molar-refractivity contribution in [3.63, 3.8) is 0 Å². The van der Waals surface area contributed by atoms with Crippen LogP contribution < -0.4 is 0 Å². The molecule has 0 aromatic heterocycles. The minimum Gasteiger partial charge on any atom is -0.391 e.